The van der Waals surface area contributed by atoms with Crippen LogP contribution in [0.1, 0.15) is 297 Å². The lowest BCUT2D eigenvalue weighted by Crippen LogP contribution is -2.30. The van der Waals surface area contributed by atoms with E-state index in [0.717, 1.165) is 109 Å². The summed E-state index contributed by atoms with van der Waals surface area (Å²) in [6.07, 6.45) is 95.0. The van der Waals surface area contributed by atoms with Gasteiger partial charge in [0, 0.05) is 12.8 Å². The zero-order chi connectivity index (χ0) is 57.8. The van der Waals surface area contributed by atoms with Gasteiger partial charge in [0.2, 0.25) is 0 Å². The van der Waals surface area contributed by atoms with E-state index in [1.165, 1.54) is 148 Å². The number of allylic oxidation sites excluding steroid dienone is 21. The van der Waals surface area contributed by atoms with Crippen molar-refractivity contribution in [3.05, 3.63) is 134 Å². The van der Waals surface area contributed by atoms with Crippen LogP contribution in [0.2, 0.25) is 0 Å². The first-order chi connectivity index (χ1) is 39.5. The molecule has 0 aliphatic heterocycles. The van der Waals surface area contributed by atoms with Crippen molar-refractivity contribution in [1.29, 1.82) is 0 Å². The smallest absolute Gasteiger partial charge is 0.310 e. The minimum absolute atomic E-state index is 0.0955. The molecule has 0 N–H and O–H groups in total. The fourth-order valence-electron chi connectivity index (χ4n) is 9.05. The summed E-state index contributed by atoms with van der Waals surface area (Å²) in [6, 6.07) is 0. The van der Waals surface area contributed by atoms with Gasteiger partial charge in [-0.1, -0.05) is 315 Å². The van der Waals surface area contributed by atoms with Crippen molar-refractivity contribution in [2.75, 3.05) is 13.2 Å². The minimum atomic E-state index is -0.834. The average molecular weight is 1110 g/mol. The van der Waals surface area contributed by atoms with Crippen molar-refractivity contribution in [2.24, 2.45) is 0 Å². The molecule has 0 spiro atoms. The van der Waals surface area contributed by atoms with Crippen molar-refractivity contribution in [2.45, 2.75) is 303 Å². The maximum absolute atomic E-state index is 12.8. The van der Waals surface area contributed by atoms with E-state index < -0.39 is 12.1 Å². The van der Waals surface area contributed by atoms with E-state index in [1.807, 2.05) is 6.08 Å². The summed E-state index contributed by atoms with van der Waals surface area (Å²) < 4.78 is 16.8. The molecule has 0 bridgehead atoms. The molecule has 454 valence electrons. The van der Waals surface area contributed by atoms with Crippen molar-refractivity contribution >= 4 is 17.9 Å². The second-order valence-electron chi connectivity index (χ2n) is 21.6. The number of hydrogen-bond acceptors (Lipinski definition) is 6. The molecule has 0 aromatic heterocycles. The molecule has 0 saturated carbocycles. The van der Waals surface area contributed by atoms with Crippen molar-refractivity contribution in [1.82, 2.24) is 0 Å². The van der Waals surface area contributed by atoms with Crippen LogP contribution in [0.5, 0.6) is 0 Å². The highest BCUT2D eigenvalue weighted by atomic mass is 16.6. The maximum Gasteiger partial charge on any atom is 0.310 e. The van der Waals surface area contributed by atoms with Crippen LogP contribution in [0.3, 0.4) is 0 Å². The summed E-state index contributed by atoms with van der Waals surface area (Å²) in [5.74, 6) is -1.04. The maximum atomic E-state index is 12.8. The van der Waals surface area contributed by atoms with E-state index in [2.05, 4.69) is 142 Å². The lowest BCUT2D eigenvalue weighted by Gasteiger charge is -2.18. The highest BCUT2D eigenvalue weighted by molar-refractivity contribution is 5.72. The summed E-state index contributed by atoms with van der Waals surface area (Å²) in [6.45, 7) is 6.34. The molecule has 6 nitrogen and oxygen atoms in total. The average Bonchev–Trinajstić information content (AvgIpc) is 3.46. The fourth-order valence-corrected chi connectivity index (χ4v) is 9.05. The molecular formula is C74H122O6. The Morgan fingerprint density at radius 3 is 0.825 bits per heavy atom. The van der Waals surface area contributed by atoms with Crippen LogP contribution in [-0.2, 0) is 28.6 Å². The molecule has 0 aromatic rings. The Balaban J connectivity index is 4.26. The van der Waals surface area contributed by atoms with E-state index in [4.69, 9.17) is 14.2 Å². The number of ether oxygens (including phenoxy) is 3. The molecule has 0 aliphatic carbocycles. The first kappa shape index (κ1) is 75.5. The van der Waals surface area contributed by atoms with Gasteiger partial charge in [-0.15, -0.1) is 0 Å². The van der Waals surface area contributed by atoms with Crippen LogP contribution in [0, 0.1) is 0 Å². The van der Waals surface area contributed by atoms with Crippen LogP contribution in [0.25, 0.3) is 0 Å². The second-order valence-corrected chi connectivity index (χ2v) is 21.6. The minimum Gasteiger partial charge on any atom is -0.462 e. The molecule has 1 atom stereocenters. The lowest BCUT2D eigenvalue weighted by molar-refractivity contribution is -0.166. The molecule has 0 radical (unpaired) electrons. The van der Waals surface area contributed by atoms with E-state index in [-0.39, 0.29) is 31.6 Å². The predicted octanol–water partition coefficient (Wildman–Crippen LogP) is 22.9. The Morgan fingerprint density at radius 1 is 0.275 bits per heavy atom. The second kappa shape index (κ2) is 67.1. The highest BCUT2D eigenvalue weighted by Gasteiger charge is 2.19. The number of carbonyl (C=O) groups is 3. The molecule has 0 fully saturated rings. The van der Waals surface area contributed by atoms with Crippen molar-refractivity contribution < 1.29 is 28.6 Å². The van der Waals surface area contributed by atoms with E-state index in [0.29, 0.717) is 12.8 Å². The van der Waals surface area contributed by atoms with Gasteiger partial charge in [0.15, 0.2) is 6.10 Å². The molecule has 0 saturated heterocycles. The Kier molecular flexibility index (Phi) is 63.3. The molecule has 1 unspecified atom stereocenters. The Morgan fingerprint density at radius 2 is 0.525 bits per heavy atom. The molecule has 6 heteroatoms. The van der Waals surface area contributed by atoms with E-state index in [1.54, 1.807) is 6.08 Å². The number of esters is 3. The van der Waals surface area contributed by atoms with Gasteiger partial charge in [0.05, 0.1) is 6.42 Å². The third kappa shape index (κ3) is 64.4. The molecular weight excluding hydrogens is 985 g/mol. The molecule has 80 heavy (non-hydrogen) atoms. The summed E-state index contributed by atoms with van der Waals surface area (Å²) in [5, 5.41) is 0. The predicted molar refractivity (Wildman–Crippen MR) is 348 cm³/mol. The highest BCUT2D eigenvalue weighted by Crippen LogP contribution is 2.16. The largest absolute Gasteiger partial charge is 0.462 e. The Labute approximate surface area is 494 Å². The summed E-state index contributed by atoms with van der Waals surface area (Å²) >= 11 is 0. The molecule has 0 heterocycles. The number of hydrogen-bond donors (Lipinski definition) is 0. The van der Waals surface area contributed by atoms with Gasteiger partial charge < -0.3 is 14.2 Å². The van der Waals surface area contributed by atoms with Gasteiger partial charge in [-0.3, -0.25) is 14.4 Å². The Hall–Kier alpha value is -4.45. The Bertz CT molecular complexity index is 1700. The van der Waals surface area contributed by atoms with Gasteiger partial charge in [0.25, 0.3) is 0 Å². The van der Waals surface area contributed by atoms with Crippen LogP contribution in [0.4, 0.5) is 0 Å². The quantitative estimate of drug-likeness (QED) is 0.0261. The van der Waals surface area contributed by atoms with Gasteiger partial charge >= 0.3 is 17.9 Å². The summed E-state index contributed by atoms with van der Waals surface area (Å²) in [5.41, 5.74) is 0. The van der Waals surface area contributed by atoms with Crippen LogP contribution >= 0.6 is 0 Å². The topological polar surface area (TPSA) is 78.9 Å². The molecule has 0 amide bonds. The summed E-state index contributed by atoms with van der Waals surface area (Å²) in [4.78, 5) is 38.2. The van der Waals surface area contributed by atoms with Gasteiger partial charge in [0.1, 0.15) is 13.2 Å². The number of unbranched alkanes of at least 4 members (excludes halogenated alkanes) is 27. The first-order valence-electron chi connectivity index (χ1n) is 33.2. The standard InChI is InChI=1S/C74H122O6/c1-4-7-10-13-16-19-22-25-28-29-30-31-32-33-34-35-36-37-38-39-40-41-42-43-44-45-47-49-52-55-58-61-64-67-73(76)79-70-71(69-78-72(75)66-63-60-57-54-51-48-27-24-21-18-15-12-9-6-3)80-74(77)68-65-62-59-56-53-50-46-26-23-20-17-14-11-8-5-2/h7-8,10-11,16-17,19-20,25-26,28,30-31,33-34,36-37,46,53,56,62,65,71H,4-6,9,12-15,18,21-24,27,29,32,35,38-45,47-52,54-55,57-61,63-64,66-70H2,1-3H3/b10-7-,11-8-,19-16-,20-17-,28-25-,31-30-,34-33-,37-36-,46-26-,56-53-,65-62-. The van der Waals surface area contributed by atoms with Crippen molar-refractivity contribution in [3.63, 3.8) is 0 Å². The zero-order valence-corrected chi connectivity index (χ0v) is 52.0. The normalized spacial score (nSPS) is 13.0. The van der Waals surface area contributed by atoms with Gasteiger partial charge in [-0.2, -0.15) is 0 Å². The monoisotopic (exact) mass is 1110 g/mol. The third-order valence-corrected chi connectivity index (χ3v) is 13.9. The SMILES string of the molecule is CC/C=C\C/C=C\C/C=C\C/C=C\C/C=C\C/C=C\CCCCCCCCCCCCCCCCC(=O)OCC(COC(=O)CCCCCCCCCCCCCCCC)OC(=O)C/C=C\C/C=C\C/C=C\C/C=C\C/C=C\CC. The van der Waals surface area contributed by atoms with Crippen molar-refractivity contribution in [3.8, 4) is 0 Å². The van der Waals surface area contributed by atoms with Crippen LogP contribution in [-0.4, -0.2) is 37.2 Å². The van der Waals surface area contributed by atoms with E-state index >= 15 is 0 Å². The molecule has 0 aromatic carbocycles. The van der Waals surface area contributed by atoms with Gasteiger partial charge in [-0.25, -0.2) is 0 Å². The van der Waals surface area contributed by atoms with Gasteiger partial charge in [-0.05, 0) is 96.3 Å². The molecule has 0 rings (SSSR count). The number of rotatable bonds is 59. The number of carbonyl (C=O) groups excluding carboxylic acids is 3. The van der Waals surface area contributed by atoms with Crippen LogP contribution in [0.15, 0.2) is 134 Å². The first-order valence-corrected chi connectivity index (χ1v) is 33.2. The third-order valence-electron chi connectivity index (χ3n) is 13.9. The van der Waals surface area contributed by atoms with Crippen LogP contribution < -0.4 is 0 Å². The lowest BCUT2D eigenvalue weighted by atomic mass is 10.0. The van der Waals surface area contributed by atoms with E-state index in [9.17, 15) is 14.4 Å². The molecule has 0 aliphatic rings. The fraction of sp³-hybridized carbons (Fsp3) is 0.662. The zero-order valence-electron chi connectivity index (χ0n) is 52.0. The summed E-state index contributed by atoms with van der Waals surface area (Å²) in [7, 11) is 0.